The van der Waals surface area contributed by atoms with E-state index >= 15 is 0 Å². The van der Waals surface area contributed by atoms with Crippen molar-refractivity contribution in [2.24, 2.45) is 0 Å². The topological polar surface area (TPSA) is 59.7 Å². The minimum atomic E-state index is 0.0393. The number of carbonyl (C=O) groups excluding carboxylic acids is 1. The largest absolute Gasteiger partial charge is 0.497 e. The molecule has 4 rings (SSSR count). The van der Waals surface area contributed by atoms with Crippen molar-refractivity contribution >= 4 is 11.6 Å². The Balaban J connectivity index is 1.57. The van der Waals surface area contributed by atoms with Crippen molar-refractivity contribution in [3.63, 3.8) is 0 Å². The first-order valence-electron chi connectivity index (χ1n) is 8.49. The van der Waals surface area contributed by atoms with E-state index in [0.29, 0.717) is 17.9 Å². The number of methoxy groups -OCH3 is 1. The molecule has 0 N–H and O–H groups in total. The van der Waals surface area contributed by atoms with E-state index in [-0.39, 0.29) is 11.8 Å². The van der Waals surface area contributed by atoms with Crippen LogP contribution in [-0.4, -0.2) is 45.6 Å². The van der Waals surface area contributed by atoms with Gasteiger partial charge in [0.15, 0.2) is 5.65 Å². The monoisotopic (exact) mass is 336 g/mol. The number of fused-ring (bicyclic) bond motifs is 1. The van der Waals surface area contributed by atoms with Gasteiger partial charge < -0.3 is 9.64 Å². The van der Waals surface area contributed by atoms with E-state index in [0.717, 1.165) is 30.9 Å². The maximum Gasteiger partial charge on any atom is 0.254 e. The van der Waals surface area contributed by atoms with E-state index in [1.165, 1.54) is 0 Å². The summed E-state index contributed by atoms with van der Waals surface area (Å²) in [5.74, 6) is 1.86. The minimum absolute atomic E-state index is 0.0393. The van der Waals surface area contributed by atoms with Crippen LogP contribution >= 0.6 is 0 Å². The summed E-state index contributed by atoms with van der Waals surface area (Å²) >= 11 is 0. The number of amides is 1. The summed E-state index contributed by atoms with van der Waals surface area (Å²) in [5.41, 5.74) is 1.50. The predicted octanol–water partition coefficient (Wildman–Crippen LogP) is 2.76. The van der Waals surface area contributed by atoms with Gasteiger partial charge in [-0.3, -0.25) is 9.20 Å². The summed E-state index contributed by atoms with van der Waals surface area (Å²) < 4.78 is 7.25. The highest BCUT2D eigenvalue weighted by molar-refractivity contribution is 5.94. The van der Waals surface area contributed by atoms with Gasteiger partial charge in [-0.15, -0.1) is 10.2 Å². The quantitative estimate of drug-likeness (QED) is 0.738. The first-order valence-corrected chi connectivity index (χ1v) is 8.49. The lowest BCUT2D eigenvalue weighted by Crippen LogP contribution is -2.39. The molecule has 1 saturated heterocycles. The van der Waals surface area contributed by atoms with Gasteiger partial charge in [0.05, 0.1) is 7.11 Å². The number of rotatable bonds is 3. The third-order valence-corrected chi connectivity index (χ3v) is 4.73. The molecule has 3 aromatic rings. The fourth-order valence-corrected chi connectivity index (χ4v) is 3.45. The van der Waals surface area contributed by atoms with Crippen molar-refractivity contribution in [2.75, 3.05) is 20.2 Å². The Labute approximate surface area is 146 Å². The number of ether oxygens (including phenoxy) is 1. The number of benzene rings is 1. The molecule has 1 aliphatic rings. The van der Waals surface area contributed by atoms with Gasteiger partial charge in [-0.1, -0.05) is 12.1 Å². The number of nitrogens with zero attached hydrogens (tertiary/aromatic N) is 4. The van der Waals surface area contributed by atoms with E-state index < -0.39 is 0 Å². The van der Waals surface area contributed by atoms with Crippen LogP contribution in [0.1, 0.15) is 34.9 Å². The molecule has 1 fully saturated rings. The summed E-state index contributed by atoms with van der Waals surface area (Å²) in [6, 6.07) is 13.2. The van der Waals surface area contributed by atoms with Gasteiger partial charge in [-0.2, -0.15) is 0 Å². The Morgan fingerprint density at radius 1 is 1.20 bits per heavy atom. The summed E-state index contributed by atoms with van der Waals surface area (Å²) in [6.07, 6.45) is 3.95. The lowest BCUT2D eigenvalue weighted by Gasteiger charge is -2.32. The minimum Gasteiger partial charge on any atom is -0.497 e. The standard InChI is InChI=1S/C19H20N4O2/c1-25-16-8-4-6-14(12-16)19(24)22-10-5-7-15(13-22)18-21-20-17-9-2-3-11-23(17)18/h2-4,6,8-9,11-12,15H,5,7,10,13H2,1H3. The molecule has 0 saturated carbocycles. The fraction of sp³-hybridized carbons (Fsp3) is 0.316. The van der Waals surface area contributed by atoms with E-state index in [9.17, 15) is 4.79 Å². The normalized spacial score (nSPS) is 17.6. The summed E-state index contributed by atoms with van der Waals surface area (Å²) in [6.45, 7) is 1.43. The lowest BCUT2D eigenvalue weighted by atomic mass is 9.96. The second kappa shape index (κ2) is 6.55. The smallest absolute Gasteiger partial charge is 0.254 e. The number of likely N-dealkylation sites (tertiary alicyclic amines) is 1. The highest BCUT2D eigenvalue weighted by Gasteiger charge is 2.28. The zero-order chi connectivity index (χ0) is 17.2. The van der Waals surface area contributed by atoms with Gasteiger partial charge in [-0.05, 0) is 43.2 Å². The first-order chi connectivity index (χ1) is 12.3. The van der Waals surface area contributed by atoms with Gasteiger partial charge in [0.1, 0.15) is 11.6 Å². The van der Waals surface area contributed by atoms with Crippen LogP contribution in [0.4, 0.5) is 0 Å². The molecule has 6 nitrogen and oxygen atoms in total. The van der Waals surface area contributed by atoms with Crippen LogP contribution < -0.4 is 4.74 Å². The molecule has 25 heavy (non-hydrogen) atoms. The zero-order valence-corrected chi connectivity index (χ0v) is 14.1. The highest BCUT2D eigenvalue weighted by atomic mass is 16.5. The first kappa shape index (κ1) is 15.6. The molecule has 1 aliphatic heterocycles. The van der Waals surface area contributed by atoms with Crippen molar-refractivity contribution < 1.29 is 9.53 Å². The van der Waals surface area contributed by atoms with Gasteiger partial charge in [0.2, 0.25) is 0 Å². The van der Waals surface area contributed by atoms with Gasteiger partial charge in [-0.25, -0.2) is 0 Å². The van der Waals surface area contributed by atoms with E-state index in [4.69, 9.17) is 4.74 Å². The SMILES string of the molecule is COc1cccc(C(=O)N2CCCC(c3nnc4ccccn34)C2)c1. The summed E-state index contributed by atoms with van der Waals surface area (Å²) in [7, 11) is 1.61. The Morgan fingerprint density at radius 3 is 3.00 bits per heavy atom. The molecule has 2 aromatic heterocycles. The Kier molecular flexibility index (Phi) is 4.09. The third-order valence-electron chi connectivity index (χ3n) is 4.73. The van der Waals surface area contributed by atoms with Crippen LogP contribution in [-0.2, 0) is 0 Å². The average molecular weight is 336 g/mol. The number of hydrogen-bond donors (Lipinski definition) is 0. The Morgan fingerprint density at radius 2 is 2.12 bits per heavy atom. The lowest BCUT2D eigenvalue weighted by molar-refractivity contribution is 0.0704. The summed E-state index contributed by atoms with van der Waals surface area (Å²) in [5, 5.41) is 8.61. The van der Waals surface area contributed by atoms with Gasteiger partial charge in [0.25, 0.3) is 5.91 Å². The molecule has 1 atom stereocenters. The molecule has 128 valence electrons. The molecule has 0 spiro atoms. The maximum absolute atomic E-state index is 12.9. The molecule has 1 aromatic carbocycles. The van der Waals surface area contributed by atoms with Crippen molar-refractivity contribution in [1.29, 1.82) is 0 Å². The number of piperidine rings is 1. The number of pyridine rings is 1. The second-order valence-corrected chi connectivity index (χ2v) is 6.31. The molecule has 1 amide bonds. The van der Waals surface area contributed by atoms with Crippen LogP contribution in [0.2, 0.25) is 0 Å². The number of hydrogen-bond acceptors (Lipinski definition) is 4. The van der Waals surface area contributed by atoms with Crippen molar-refractivity contribution in [1.82, 2.24) is 19.5 Å². The van der Waals surface area contributed by atoms with E-state index in [2.05, 4.69) is 10.2 Å². The van der Waals surface area contributed by atoms with Crippen LogP contribution in [0, 0.1) is 0 Å². The maximum atomic E-state index is 12.9. The fourth-order valence-electron chi connectivity index (χ4n) is 3.45. The molecular weight excluding hydrogens is 316 g/mol. The third kappa shape index (κ3) is 2.95. The van der Waals surface area contributed by atoms with Gasteiger partial charge in [0, 0.05) is 30.8 Å². The Hall–Kier alpha value is -2.89. The Bertz CT molecular complexity index is 905. The number of aromatic nitrogens is 3. The number of carbonyl (C=O) groups is 1. The van der Waals surface area contributed by atoms with Crippen molar-refractivity contribution in [3.05, 3.63) is 60.0 Å². The van der Waals surface area contributed by atoms with E-state index in [1.807, 2.05) is 51.9 Å². The van der Waals surface area contributed by atoms with E-state index in [1.54, 1.807) is 13.2 Å². The molecule has 0 aliphatic carbocycles. The van der Waals surface area contributed by atoms with Gasteiger partial charge >= 0.3 is 0 Å². The molecule has 3 heterocycles. The van der Waals surface area contributed by atoms with Crippen molar-refractivity contribution in [3.8, 4) is 5.75 Å². The summed E-state index contributed by atoms with van der Waals surface area (Å²) in [4.78, 5) is 14.8. The van der Waals surface area contributed by atoms with Crippen molar-refractivity contribution in [2.45, 2.75) is 18.8 Å². The molecular formula is C19H20N4O2. The molecule has 1 unspecified atom stereocenters. The highest BCUT2D eigenvalue weighted by Crippen LogP contribution is 2.27. The van der Waals surface area contributed by atoms with Crippen LogP contribution in [0.25, 0.3) is 5.65 Å². The molecule has 6 heteroatoms. The molecule has 0 bridgehead atoms. The molecule has 0 radical (unpaired) electrons. The van der Waals surface area contributed by atoms with Crippen LogP contribution in [0.3, 0.4) is 0 Å². The zero-order valence-electron chi connectivity index (χ0n) is 14.1. The average Bonchev–Trinajstić information content (AvgIpc) is 3.12. The van der Waals surface area contributed by atoms with Crippen LogP contribution in [0.15, 0.2) is 48.7 Å². The second-order valence-electron chi connectivity index (χ2n) is 6.31. The predicted molar refractivity (Wildman–Crippen MR) is 93.9 cm³/mol. The van der Waals surface area contributed by atoms with Crippen LogP contribution in [0.5, 0.6) is 5.75 Å².